The molecule has 6 heteroatoms. The lowest BCUT2D eigenvalue weighted by atomic mass is 9.99. The van der Waals surface area contributed by atoms with Crippen molar-refractivity contribution < 1.29 is 9.59 Å². The molecule has 1 aromatic heterocycles. The molecule has 0 saturated carbocycles. The number of rotatable bonds is 3. The Morgan fingerprint density at radius 1 is 1.14 bits per heavy atom. The molecule has 1 amide bonds. The summed E-state index contributed by atoms with van der Waals surface area (Å²) in [4.78, 5) is 27.2. The number of halogens is 1. The molecule has 0 spiro atoms. The Kier molecular flexibility index (Phi) is 4.97. The van der Waals surface area contributed by atoms with Crippen molar-refractivity contribution in [2.24, 2.45) is 0 Å². The molecule has 1 aromatic rings. The van der Waals surface area contributed by atoms with Gasteiger partial charge in [-0.3, -0.25) is 9.59 Å². The Bertz CT molecular complexity index is 584. The second kappa shape index (κ2) is 6.42. The number of piperidine rings is 1. The molecule has 2 atom stereocenters. The molecule has 2 aliphatic heterocycles. The summed E-state index contributed by atoms with van der Waals surface area (Å²) in [6.07, 6.45) is 4.43. The summed E-state index contributed by atoms with van der Waals surface area (Å²) in [7, 11) is 0. The zero-order valence-corrected chi connectivity index (χ0v) is 14.1. The fourth-order valence-corrected chi connectivity index (χ4v) is 3.94. The van der Waals surface area contributed by atoms with Gasteiger partial charge in [-0.25, -0.2) is 0 Å². The van der Waals surface area contributed by atoms with Crippen LogP contribution in [0.1, 0.15) is 64.7 Å². The molecule has 5 nitrogen and oxygen atoms in total. The summed E-state index contributed by atoms with van der Waals surface area (Å²) in [5.41, 5.74) is 2.71. The lowest BCUT2D eigenvalue weighted by Gasteiger charge is -2.29. The van der Waals surface area contributed by atoms with Crippen LogP contribution in [0.3, 0.4) is 0 Å². The Labute approximate surface area is 137 Å². The molecule has 3 N–H and O–H groups in total. The molecule has 2 fully saturated rings. The average molecular weight is 326 g/mol. The summed E-state index contributed by atoms with van der Waals surface area (Å²) >= 11 is 0. The van der Waals surface area contributed by atoms with E-state index in [-0.39, 0.29) is 30.1 Å². The van der Waals surface area contributed by atoms with E-state index in [0.717, 1.165) is 24.1 Å². The summed E-state index contributed by atoms with van der Waals surface area (Å²) in [5.74, 6) is -0.0883. The van der Waals surface area contributed by atoms with E-state index in [9.17, 15) is 9.59 Å². The quantitative estimate of drug-likeness (QED) is 0.746. The number of carbonyl (C=O) groups is 2. The molecule has 2 aliphatic rings. The first-order valence-electron chi connectivity index (χ1n) is 7.72. The molecular formula is C16H24ClN3O2. The highest BCUT2D eigenvalue weighted by molar-refractivity contribution is 6.02. The number of Topliss-reactive ketones (excluding diaryl/α,β-unsaturated/α-hetero) is 1. The molecule has 122 valence electrons. The van der Waals surface area contributed by atoms with Crippen LogP contribution < -0.4 is 10.6 Å². The molecule has 2 bridgehead atoms. The van der Waals surface area contributed by atoms with Gasteiger partial charge in [0.05, 0.1) is 0 Å². The number of aryl methyl sites for hydroxylation is 1. The van der Waals surface area contributed by atoms with Gasteiger partial charge >= 0.3 is 0 Å². The minimum Gasteiger partial charge on any atom is -0.354 e. The molecular weight excluding hydrogens is 302 g/mol. The van der Waals surface area contributed by atoms with Crippen LogP contribution in [0, 0.1) is 13.8 Å². The molecule has 3 heterocycles. The highest BCUT2D eigenvalue weighted by atomic mass is 35.5. The third-order valence-electron chi connectivity index (χ3n) is 4.82. The van der Waals surface area contributed by atoms with Crippen LogP contribution in [-0.2, 0) is 0 Å². The third-order valence-corrected chi connectivity index (χ3v) is 4.82. The Balaban J connectivity index is 0.00000176. The van der Waals surface area contributed by atoms with Gasteiger partial charge in [0.15, 0.2) is 5.78 Å². The molecule has 2 saturated heterocycles. The molecule has 22 heavy (non-hydrogen) atoms. The largest absolute Gasteiger partial charge is 0.354 e. The minimum absolute atomic E-state index is 0. The number of fused-ring (bicyclic) bond motifs is 2. The maximum Gasteiger partial charge on any atom is 0.268 e. The maximum absolute atomic E-state index is 12.5. The summed E-state index contributed by atoms with van der Waals surface area (Å²) in [6.45, 7) is 5.21. The first-order valence-corrected chi connectivity index (χ1v) is 7.72. The van der Waals surface area contributed by atoms with Gasteiger partial charge < -0.3 is 15.6 Å². The van der Waals surface area contributed by atoms with Gasteiger partial charge in [0.2, 0.25) is 0 Å². The number of hydrogen-bond donors (Lipinski definition) is 3. The Morgan fingerprint density at radius 2 is 1.73 bits per heavy atom. The summed E-state index contributed by atoms with van der Waals surface area (Å²) in [5, 5.41) is 6.70. The van der Waals surface area contributed by atoms with E-state index in [1.165, 1.54) is 19.8 Å². The van der Waals surface area contributed by atoms with Crippen molar-refractivity contribution in [3.8, 4) is 0 Å². The van der Waals surface area contributed by atoms with Crippen LogP contribution in [0.25, 0.3) is 0 Å². The number of nitrogens with one attached hydrogen (secondary N) is 3. The van der Waals surface area contributed by atoms with Gasteiger partial charge in [0.1, 0.15) is 5.69 Å². The summed E-state index contributed by atoms with van der Waals surface area (Å²) in [6, 6.07) is 1.33. The van der Waals surface area contributed by atoms with Gasteiger partial charge in [-0.05, 0) is 52.0 Å². The lowest BCUT2D eigenvalue weighted by molar-refractivity contribution is 0.0918. The van der Waals surface area contributed by atoms with E-state index >= 15 is 0 Å². The molecule has 2 unspecified atom stereocenters. The van der Waals surface area contributed by atoms with Crippen LogP contribution in [0.5, 0.6) is 0 Å². The third kappa shape index (κ3) is 3.06. The van der Waals surface area contributed by atoms with Crippen LogP contribution in [0.2, 0.25) is 0 Å². The second-order valence-electron chi connectivity index (χ2n) is 6.46. The first kappa shape index (κ1) is 17.0. The van der Waals surface area contributed by atoms with E-state index in [1.54, 1.807) is 0 Å². The van der Waals surface area contributed by atoms with Crippen molar-refractivity contribution in [1.29, 1.82) is 0 Å². The number of carbonyl (C=O) groups excluding carboxylic acids is 2. The van der Waals surface area contributed by atoms with E-state index in [0.29, 0.717) is 23.3 Å². The number of amides is 1. The van der Waals surface area contributed by atoms with Crippen molar-refractivity contribution in [3.63, 3.8) is 0 Å². The van der Waals surface area contributed by atoms with Gasteiger partial charge in [0, 0.05) is 29.4 Å². The van der Waals surface area contributed by atoms with Gasteiger partial charge in [0.25, 0.3) is 5.91 Å². The molecule has 3 rings (SSSR count). The average Bonchev–Trinajstić information content (AvgIpc) is 2.89. The van der Waals surface area contributed by atoms with Crippen molar-refractivity contribution in [3.05, 3.63) is 22.5 Å². The maximum atomic E-state index is 12.5. The summed E-state index contributed by atoms with van der Waals surface area (Å²) < 4.78 is 0. The van der Waals surface area contributed by atoms with Gasteiger partial charge in [-0.15, -0.1) is 12.4 Å². The van der Waals surface area contributed by atoms with Crippen molar-refractivity contribution in [2.75, 3.05) is 0 Å². The number of aromatic nitrogens is 1. The SMILES string of the molecule is CC(=O)c1c(C)[nH]c(C(=O)NC2CC3CCC(C2)N3)c1C.Cl. The second-order valence-corrected chi connectivity index (χ2v) is 6.46. The number of aromatic amines is 1. The fraction of sp³-hybridized carbons (Fsp3) is 0.625. The van der Waals surface area contributed by atoms with Crippen LogP contribution in [-0.4, -0.2) is 34.8 Å². The molecule has 0 aliphatic carbocycles. The van der Waals surface area contributed by atoms with E-state index in [2.05, 4.69) is 15.6 Å². The number of ketones is 1. The minimum atomic E-state index is -0.0885. The van der Waals surface area contributed by atoms with Crippen molar-refractivity contribution in [2.45, 2.75) is 64.6 Å². The van der Waals surface area contributed by atoms with Gasteiger partial charge in [-0.1, -0.05) is 0 Å². The van der Waals surface area contributed by atoms with Gasteiger partial charge in [-0.2, -0.15) is 0 Å². The van der Waals surface area contributed by atoms with E-state index in [1.807, 2.05) is 13.8 Å². The lowest BCUT2D eigenvalue weighted by Crippen LogP contribution is -2.48. The standard InChI is InChI=1S/C16H23N3O2.ClH/c1-8-14(10(3)20)9(2)17-15(8)16(21)19-13-6-11-4-5-12(7-13)18-11;/h11-13,17-18H,4-7H2,1-3H3,(H,19,21);1H. The monoisotopic (exact) mass is 325 g/mol. The molecule has 0 radical (unpaired) electrons. The van der Waals surface area contributed by atoms with E-state index in [4.69, 9.17) is 0 Å². The Morgan fingerprint density at radius 3 is 2.23 bits per heavy atom. The highest BCUT2D eigenvalue weighted by Crippen LogP contribution is 2.27. The fourth-order valence-electron chi connectivity index (χ4n) is 3.94. The van der Waals surface area contributed by atoms with E-state index < -0.39 is 0 Å². The zero-order valence-electron chi connectivity index (χ0n) is 13.3. The van der Waals surface area contributed by atoms with Crippen LogP contribution in [0.15, 0.2) is 0 Å². The van der Waals surface area contributed by atoms with Crippen molar-refractivity contribution in [1.82, 2.24) is 15.6 Å². The normalized spacial score (nSPS) is 26.4. The van der Waals surface area contributed by atoms with Crippen LogP contribution in [0.4, 0.5) is 0 Å². The number of hydrogen-bond acceptors (Lipinski definition) is 3. The predicted octanol–water partition coefficient (Wildman–Crippen LogP) is 2.27. The predicted molar refractivity (Wildman–Crippen MR) is 88.0 cm³/mol. The Hall–Kier alpha value is -1.33. The highest BCUT2D eigenvalue weighted by Gasteiger charge is 2.34. The topological polar surface area (TPSA) is 74.0 Å². The zero-order chi connectivity index (χ0) is 15.1. The van der Waals surface area contributed by atoms with Crippen LogP contribution >= 0.6 is 12.4 Å². The smallest absolute Gasteiger partial charge is 0.268 e. The first-order chi connectivity index (χ1) is 9.95. The number of H-pyrrole nitrogens is 1. The molecule has 0 aromatic carbocycles. The van der Waals surface area contributed by atoms with Crippen molar-refractivity contribution >= 4 is 24.1 Å².